The van der Waals surface area contributed by atoms with Crippen molar-refractivity contribution >= 4 is 35.1 Å². The molecule has 16 heteroatoms. The van der Waals surface area contributed by atoms with Crippen LogP contribution in [0.5, 0.6) is 11.5 Å². The molecule has 0 radical (unpaired) electrons. The zero-order chi connectivity index (χ0) is 58.6. The molecule has 0 bridgehead atoms. The molecule has 2 N–H and O–H groups in total. The maximum Gasteiger partial charge on any atom is 0.412 e. The Kier molecular flexibility index (Phi) is 15.5. The summed E-state index contributed by atoms with van der Waals surface area (Å²) in [6.07, 6.45) is -1.19. The first kappa shape index (κ1) is 55.1. The molecule has 86 heavy (non-hydrogen) atoms. The number of fused-ring (bicyclic) bond motifs is 7. The molecule has 3 heterocycles. The molecule has 1 fully saturated rings. The Balaban J connectivity index is 0.800. The Labute approximate surface area is 496 Å². The van der Waals surface area contributed by atoms with Crippen molar-refractivity contribution in [1.82, 2.24) is 24.8 Å². The van der Waals surface area contributed by atoms with Gasteiger partial charge in [-0.1, -0.05) is 182 Å². The number of anilines is 1. The van der Waals surface area contributed by atoms with E-state index in [-0.39, 0.29) is 55.8 Å². The number of carbonyl (C=O) groups excluding carboxylic acids is 3. The molecule has 16 nitrogen and oxygen atoms in total. The second-order valence-electron chi connectivity index (χ2n) is 21.4. The molecule has 13 rings (SSSR count). The van der Waals surface area contributed by atoms with Crippen molar-refractivity contribution < 1.29 is 47.5 Å². The predicted octanol–water partition coefficient (Wildman–Crippen LogP) is 12.6. The van der Waals surface area contributed by atoms with Crippen LogP contribution in [-0.4, -0.2) is 90.0 Å². The fourth-order valence-corrected chi connectivity index (χ4v) is 12.4. The summed E-state index contributed by atoms with van der Waals surface area (Å²) < 4.78 is 45.9. The fraction of sp³-hybridized carbons (Fsp3) is 0.200. The van der Waals surface area contributed by atoms with Gasteiger partial charge >= 0.3 is 18.2 Å². The van der Waals surface area contributed by atoms with Crippen molar-refractivity contribution in [3.8, 4) is 33.8 Å². The standard InChI is InChI=1S/C70H60N6O10/c1-80-48-33-29-46(30-34-48)70(45-19-7-4-8-20-45,47-31-35-49(81-2)36-32-47)84-41-62-61(86-67(77)60(37-44-17-5-3-6-18-44)74-68(78)82-39-58-54-25-13-9-21-50(54)51-22-10-14-26-55(51)58)38-63(85-62)76-43-73-64-65(71-42-72-66(64)76)75-69(79)83-40-59-56-27-15-11-23-52(56)53-24-12-16-28-57(53)59/h3-36,42-43,58-63H,37-41H2,1-2H3,(H,74,78)(H,71,72,75,79)/t60-,61-,62+,63+/m0/s1. The summed E-state index contributed by atoms with van der Waals surface area (Å²) in [5, 5.41) is 5.68. The predicted molar refractivity (Wildman–Crippen MR) is 323 cm³/mol. The number of methoxy groups -OCH3 is 2. The summed E-state index contributed by atoms with van der Waals surface area (Å²) in [6, 6.07) is 65.9. The number of benzene rings is 8. The highest BCUT2D eigenvalue weighted by atomic mass is 16.6. The molecule has 3 aliphatic rings. The van der Waals surface area contributed by atoms with E-state index in [2.05, 4.69) is 69.1 Å². The Morgan fingerprint density at radius 1 is 0.570 bits per heavy atom. The molecule has 4 atom stereocenters. The van der Waals surface area contributed by atoms with Crippen molar-refractivity contribution in [2.24, 2.45) is 0 Å². The fourth-order valence-electron chi connectivity index (χ4n) is 12.4. The lowest BCUT2D eigenvalue weighted by molar-refractivity contribution is -0.158. The highest BCUT2D eigenvalue weighted by molar-refractivity contribution is 5.93. The topological polar surface area (TPSA) is 183 Å². The molecule has 0 unspecified atom stereocenters. The number of alkyl carbamates (subject to hydrolysis) is 1. The minimum absolute atomic E-state index is 0.0431. The first-order chi connectivity index (χ1) is 42.3. The third-order valence-corrected chi connectivity index (χ3v) is 16.5. The van der Waals surface area contributed by atoms with Gasteiger partial charge in [0.1, 0.15) is 61.1 Å². The molecule has 0 saturated carbocycles. The number of ether oxygens (including phenoxy) is 7. The molecule has 430 valence electrons. The van der Waals surface area contributed by atoms with Gasteiger partial charge in [-0.05, 0) is 91.0 Å². The van der Waals surface area contributed by atoms with Crippen LogP contribution in [0.4, 0.5) is 15.4 Å². The highest BCUT2D eigenvalue weighted by Crippen LogP contribution is 2.47. The van der Waals surface area contributed by atoms with Crippen molar-refractivity contribution in [3.05, 3.63) is 263 Å². The van der Waals surface area contributed by atoms with Gasteiger partial charge in [-0.25, -0.2) is 29.3 Å². The third-order valence-electron chi connectivity index (χ3n) is 16.5. The third kappa shape index (κ3) is 10.8. The highest BCUT2D eigenvalue weighted by Gasteiger charge is 2.45. The lowest BCUT2D eigenvalue weighted by atomic mass is 9.80. The number of nitrogens with zero attached hydrogens (tertiary/aromatic N) is 4. The van der Waals surface area contributed by atoms with Crippen molar-refractivity contribution in [3.63, 3.8) is 0 Å². The molecule has 8 aromatic carbocycles. The van der Waals surface area contributed by atoms with Gasteiger partial charge in [0.15, 0.2) is 17.0 Å². The molecular weight excluding hydrogens is 1080 g/mol. The van der Waals surface area contributed by atoms with E-state index >= 15 is 4.79 Å². The Bertz CT molecular complexity index is 3930. The monoisotopic (exact) mass is 1140 g/mol. The van der Waals surface area contributed by atoms with E-state index in [9.17, 15) is 9.59 Å². The lowest BCUT2D eigenvalue weighted by Gasteiger charge is -2.37. The van der Waals surface area contributed by atoms with Gasteiger partial charge in [-0.15, -0.1) is 0 Å². The zero-order valence-corrected chi connectivity index (χ0v) is 47.2. The molecule has 1 aliphatic heterocycles. The van der Waals surface area contributed by atoms with Crippen LogP contribution in [0.3, 0.4) is 0 Å². The maximum atomic E-state index is 15.1. The second kappa shape index (κ2) is 24.2. The van der Waals surface area contributed by atoms with Crippen molar-refractivity contribution in [2.45, 2.75) is 54.8 Å². The van der Waals surface area contributed by atoms with Crippen molar-refractivity contribution in [2.75, 3.05) is 39.4 Å². The first-order valence-corrected chi connectivity index (χ1v) is 28.6. The van der Waals surface area contributed by atoms with Crippen LogP contribution in [0.15, 0.2) is 219 Å². The maximum absolute atomic E-state index is 15.1. The summed E-state index contributed by atoms with van der Waals surface area (Å²) in [6.45, 7) is 0.0140. The van der Waals surface area contributed by atoms with Crippen LogP contribution >= 0.6 is 0 Å². The van der Waals surface area contributed by atoms with E-state index in [1.165, 1.54) is 6.33 Å². The molecule has 0 spiro atoms. The Morgan fingerprint density at radius 3 is 1.59 bits per heavy atom. The van der Waals surface area contributed by atoms with Crippen LogP contribution in [-0.2, 0) is 40.5 Å². The van der Waals surface area contributed by atoms with Gasteiger partial charge in [0.2, 0.25) is 0 Å². The minimum atomic E-state index is -1.27. The average molecular weight is 1150 g/mol. The van der Waals surface area contributed by atoms with Gasteiger partial charge in [-0.2, -0.15) is 0 Å². The van der Waals surface area contributed by atoms with E-state index in [4.69, 9.17) is 38.1 Å². The summed E-state index contributed by atoms with van der Waals surface area (Å²) in [4.78, 5) is 56.6. The Hall–Kier alpha value is -10.2. The van der Waals surface area contributed by atoms with E-state index in [1.54, 1.807) is 25.1 Å². The quantitative estimate of drug-likeness (QED) is 0.0443. The van der Waals surface area contributed by atoms with Gasteiger partial charge in [0, 0.05) is 24.7 Å². The van der Waals surface area contributed by atoms with Crippen LogP contribution < -0.4 is 20.1 Å². The number of amides is 2. The normalized spacial score (nSPS) is 16.3. The first-order valence-electron chi connectivity index (χ1n) is 28.6. The van der Waals surface area contributed by atoms with Crippen LogP contribution in [0.2, 0.25) is 0 Å². The molecule has 2 aromatic heterocycles. The molecule has 1 saturated heterocycles. The van der Waals surface area contributed by atoms with Gasteiger partial charge in [0.25, 0.3) is 0 Å². The molecule has 10 aromatic rings. The largest absolute Gasteiger partial charge is 0.497 e. The number of aromatic nitrogens is 4. The average Bonchev–Trinajstić information content (AvgIpc) is 2.00. The number of nitrogens with one attached hydrogen (secondary N) is 2. The summed E-state index contributed by atoms with van der Waals surface area (Å²) in [7, 11) is 3.23. The number of hydrogen-bond acceptors (Lipinski definition) is 13. The lowest BCUT2D eigenvalue weighted by Crippen LogP contribution is -2.46. The van der Waals surface area contributed by atoms with Crippen LogP contribution in [0.25, 0.3) is 33.4 Å². The summed E-state index contributed by atoms with van der Waals surface area (Å²) in [5.41, 5.74) is 11.2. The smallest absolute Gasteiger partial charge is 0.412 e. The van der Waals surface area contributed by atoms with E-state index in [0.717, 1.165) is 66.8 Å². The van der Waals surface area contributed by atoms with E-state index in [1.807, 2.05) is 158 Å². The van der Waals surface area contributed by atoms with E-state index < -0.39 is 48.2 Å². The summed E-state index contributed by atoms with van der Waals surface area (Å²) >= 11 is 0. The second-order valence-corrected chi connectivity index (χ2v) is 21.4. The number of hydrogen-bond donors (Lipinski definition) is 2. The van der Waals surface area contributed by atoms with Crippen LogP contribution in [0, 0.1) is 0 Å². The minimum Gasteiger partial charge on any atom is -0.497 e. The summed E-state index contributed by atoms with van der Waals surface area (Å²) in [5.74, 6) is 0.367. The van der Waals surface area contributed by atoms with Crippen LogP contribution in [0.1, 0.15) is 69.0 Å². The number of imidazole rings is 1. The zero-order valence-electron chi connectivity index (χ0n) is 47.2. The van der Waals surface area contributed by atoms with E-state index in [0.29, 0.717) is 17.1 Å². The molecular formula is C70H60N6O10. The Morgan fingerprint density at radius 2 is 1.06 bits per heavy atom. The molecule has 2 amide bonds. The number of esters is 1. The van der Waals surface area contributed by atoms with Gasteiger partial charge in [0.05, 0.1) is 27.2 Å². The number of rotatable bonds is 19. The van der Waals surface area contributed by atoms with Crippen molar-refractivity contribution in [1.29, 1.82) is 0 Å². The number of carbonyl (C=O) groups is 3. The van der Waals surface area contributed by atoms with Gasteiger partial charge in [-0.3, -0.25) is 9.88 Å². The molecule has 2 aliphatic carbocycles. The SMILES string of the molecule is COc1ccc(C(OC[C@H]2O[C@@H](n3cnc4c(NC(=O)OCC5c6ccccc6-c6ccccc65)ncnc43)C[C@@H]2OC(=O)[C@H](Cc2ccccc2)NC(=O)OCC2c3ccccc3-c3ccccc32)(c2ccccc2)c2ccc(OC)cc2)cc1. The van der Waals surface area contributed by atoms with Gasteiger partial charge < -0.3 is 38.5 Å².